The number of para-hydroxylation sites is 1. The Morgan fingerprint density at radius 3 is 2.93 bits per heavy atom. The van der Waals surface area contributed by atoms with Crippen molar-refractivity contribution >= 4 is 10.9 Å². The third kappa shape index (κ3) is 2.34. The summed E-state index contributed by atoms with van der Waals surface area (Å²) >= 11 is 0. The highest BCUT2D eigenvalue weighted by Crippen LogP contribution is 2.15. The lowest BCUT2D eigenvalue weighted by atomic mass is 10.1. The molecule has 0 aliphatic carbocycles. The molecule has 0 aliphatic heterocycles. The Bertz CT molecular complexity index is 432. The van der Waals surface area contributed by atoms with Crippen molar-refractivity contribution in [1.82, 2.24) is 10.3 Å². The van der Waals surface area contributed by atoms with Gasteiger partial charge in [-0.05, 0) is 24.6 Å². The van der Waals surface area contributed by atoms with Gasteiger partial charge in [0.1, 0.15) is 0 Å². The molecule has 0 radical (unpaired) electrons. The second-order valence-electron chi connectivity index (χ2n) is 3.67. The Morgan fingerprint density at radius 2 is 2.07 bits per heavy atom. The minimum absolute atomic E-state index is 0.905. The molecule has 0 bridgehead atoms. The van der Waals surface area contributed by atoms with Gasteiger partial charge in [-0.3, -0.25) is 4.98 Å². The van der Waals surface area contributed by atoms with Gasteiger partial charge in [-0.1, -0.05) is 31.2 Å². The van der Waals surface area contributed by atoms with Gasteiger partial charge in [0.05, 0.1) is 5.52 Å². The predicted molar refractivity (Wildman–Crippen MR) is 63.7 cm³/mol. The van der Waals surface area contributed by atoms with Crippen molar-refractivity contribution in [3.8, 4) is 0 Å². The summed E-state index contributed by atoms with van der Waals surface area (Å²) in [5.41, 5.74) is 2.39. The number of pyridine rings is 1. The second kappa shape index (κ2) is 4.89. The summed E-state index contributed by atoms with van der Waals surface area (Å²) in [6.07, 6.45) is 3.02. The van der Waals surface area contributed by atoms with Crippen LogP contribution in [0, 0.1) is 0 Å². The maximum absolute atomic E-state index is 4.42. The van der Waals surface area contributed by atoms with E-state index in [0.29, 0.717) is 0 Å². The van der Waals surface area contributed by atoms with Gasteiger partial charge in [-0.2, -0.15) is 0 Å². The summed E-state index contributed by atoms with van der Waals surface area (Å²) in [7, 11) is 0. The molecular weight excluding hydrogens is 184 g/mol. The molecule has 0 saturated carbocycles. The quantitative estimate of drug-likeness (QED) is 0.768. The number of nitrogens with zero attached hydrogens (tertiary/aromatic N) is 1. The van der Waals surface area contributed by atoms with E-state index >= 15 is 0 Å². The summed E-state index contributed by atoms with van der Waals surface area (Å²) in [5.74, 6) is 0. The van der Waals surface area contributed by atoms with Gasteiger partial charge in [0.2, 0.25) is 0 Å². The summed E-state index contributed by atoms with van der Waals surface area (Å²) < 4.78 is 0. The van der Waals surface area contributed by atoms with Crippen molar-refractivity contribution in [3.63, 3.8) is 0 Å². The molecule has 0 atom stereocenters. The standard InChI is InChI=1S/C13H16N2/c1-2-8-14-10-12-6-3-5-11-7-4-9-15-13(11)12/h3-7,9,14H,2,8,10H2,1H3. The fourth-order valence-electron chi connectivity index (χ4n) is 1.71. The SMILES string of the molecule is CCCNCc1cccc2cccnc12. The van der Waals surface area contributed by atoms with E-state index in [0.717, 1.165) is 25.0 Å². The van der Waals surface area contributed by atoms with E-state index in [1.807, 2.05) is 12.3 Å². The zero-order chi connectivity index (χ0) is 10.5. The van der Waals surface area contributed by atoms with E-state index in [4.69, 9.17) is 0 Å². The van der Waals surface area contributed by atoms with Gasteiger partial charge < -0.3 is 5.32 Å². The molecule has 15 heavy (non-hydrogen) atoms. The Labute approximate surface area is 90.3 Å². The van der Waals surface area contributed by atoms with Gasteiger partial charge in [0, 0.05) is 18.1 Å². The molecule has 0 amide bonds. The predicted octanol–water partition coefficient (Wildman–Crippen LogP) is 2.73. The van der Waals surface area contributed by atoms with Gasteiger partial charge in [0.25, 0.3) is 0 Å². The van der Waals surface area contributed by atoms with Crippen LogP contribution >= 0.6 is 0 Å². The number of fused-ring (bicyclic) bond motifs is 1. The molecule has 0 spiro atoms. The van der Waals surface area contributed by atoms with E-state index in [9.17, 15) is 0 Å². The maximum atomic E-state index is 4.42. The number of benzene rings is 1. The Balaban J connectivity index is 2.26. The average Bonchev–Trinajstić information content (AvgIpc) is 2.30. The lowest BCUT2D eigenvalue weighted by Crippen LogP contribution is -2.14. The largest absolute Gasteiger partial charge is 0.313 e. The number of rotatable bonds is 4. The first-order valence-corrected chi connectivity index (χ1v) is 5.45. The molecular formula is C13H16N2. The second-order valence-corrected chi connectivity index (χ2v) is 3.67. The first-order chi connectivity index (χ1) is 7.42. The fourth-order valence-corrected chi connectivity index (χ4v) is 1.71. The topological polar surface area (TPSA) is 24.9 Å². The molecule has 2 rings (SSSR count). The highest BCUT2D eigenvalue weighted by Gasteiger charge is 1.99. The van der Waals surface area contributed by atoms with Crippen LogP contribution in [0.1, 0.15) is 18.9 Å². The van der Waals surface area contributed by atoms with Gasteiger partial charge in [-0.25, -0.2) is 0 Å². The van der Waals surface area contributed by atoms with Crippen LogP contribution in [0.15, 0.2) is 36.5 Å². The highest BCUT2D eigenvalue weighted by molar-refractivity contribution is 5.81. The molecule has 78 valence electrons. The summed E-state index contributed by atoms with van der Waals surface area (Å²) in [5, 5.41) is 4.62. The lowest BCUT2D eigenvalue weighted by Gasteiger charge is -2.06. The molecule has 2 nitrogen and oxygen atoms in total. The van der Waals surface area contributed by atoms with Crippen LogP contribution < -0.4 is 5.32 Å². The highest BCUT2D eigenvalue weighted by atomic mass is 14.8. The van der Waals surface area contributed by atoms with Gasteiger partial charge in [-0.15, -0.1) is 0 Å². The average molecular weight is 200 g/mol. The molecule has 1 aromatic carbocycles. The van der Waals surface area contributed by atoms with Crippen molar-refractivity contribution in [2.24, 2.45) is 0 Å². The molecule has 0 unspecified atom stereocenters. The summed E-state index contributed by atoms with van der Waals surface area (Å²) in [4.78, 5) is 4.42. The Hall–Kier alpha value is -1.41. The first kappa shape index (κ1) is 10.1. The van der Waals surface area contributed by atoms with Crippen LogP contribution in [0.2, 0.25) is 0 Å². The number of hydrogen-bond donors (Lipinski definition) is 1. The molecule has 1 aromatic heterocycles. The zero-order valence-corrected chi connectivity index (χ0v) is 9.03. The molecule has 0 fully saturated rings. The minimum atomic E-state index is 0.905. The van der Waals surface area contributed by atoms with Crippen LogP contribution in [0.4, 0.5) is 0 Å². The number of aromatic nitrogens is 1. The van der Waals surface area contributed by atoms with Crippen LogP contribution in [0.5, 0.6) is 0 Å². The van der Waals surface area contributed by atoms with E-state index in [1.165, 1.54) is 10.9 Å². The summed E-state index contributed by atoms with van der Waals surface area (Å²) in [6, 6.07) is 10.4. The zero-order valence-electron chi connectivity index (χ0n) is 9.03. The Morgan fingerprint density at radius 1 is 1.20 bits per heavy atom. The third-order valence-corrected chi connectivity index (χ3v) is 2.46. The van der Waals surface area contributed by atoms with Crippen molar-refractivity contribution in [3.05, 3.63) is 42.1 Å². The molecule has 2 aromatic rings. The van der Waals surface area contributed by atoms with Crippen LogP contribution in [0.3, 0.4) is 0 Å². The van der Waals surface area contributed by atoms with E-state index in [2.05, 4.69) is 41.5 Å². The molecule has 0 saturated heterocycles. The number of nitrogens with one attached hydrogen (secondary N) is 1. The third-order valence-electron chi connectivity index (χ3n) is 2.46. The monoisotopic (exact) mass is 200 g/mol. The number of hydrogen-bond acceptors (Lipinski definition) is 2. The summed E-state index contributed by atoms with van der Waals surface area (Å²) in [6.45, 7) is 4.14. The van der Waals surface area contributed by atoms with Gasteiger partial charge in [0.15, 0.2) is 0 Å². The normalized spacial score (nSPS) is 10.7. The first-order valence-electron chi connectivity index (χ1n) is 5.45. The fraction of sp³-hybridized carbons (Fsp3) is 0.308. The van der Waals surface area contributed by atoms with Crippen molar-refractivity contribution < 1.29 is 0 Å². The van der Waals surface area contributed by atoms with Gasteiger partial charge >= 0.3 is 0 Å². The molecule has 2 heteroatoms. The molecule has 0 aliphatic rings. The maximum Gasteiger partial charge on any atom is 0.0746 e. The van der Waals surface area contributed by atoms with Crippen LogP contribution in [-0.2, 0) is 6.54 Å². The smallest absolute Gasteiger partial charge is 0.0746 e. The van der Waals surface area contributed by atoms with E-state index in [1.54, 1.807) is 0 Å². The Kier molecular flexibility index (Phi) is 3.30. The van der Waals surface area contributed by atoms with Crippen molar-refractivity contribution in [1.29, 1.82) is 0 Å². The van der Waals surface area contributed by atoms with Crippen molar-refractivity contribution in [2.75, 3.05) is 6.54 Å². The van der Waals surface area contributed by atoms with Crippen molar-refractivity contribution in [2.45, 2.75) is 19.9 Å². The van der Waals surface area contributed by atoms with Crippen LogP contribution in [-0.4, -0.2) is 11.5 Å². The van der Waals surface area contributed by atoms with Crippen LogP contribution in [0.25, 0.3) is 10.9 Å². The van der Waals surface area contributed by atoms with E-state index < -0.39 is 0 Å². The molecule has 1 heterocycles. The lowest BCUT2D eigenvalue weighted by molar-refractivity contribution is 0.677. The van der Waals surface area contributed by atoms with E-state index in [-0.39, 0.29) is 0 Å². The minimum Gasteiger partial charge on any atom is -0.313 e. The molecule has 1 N–H and O–H groups in total.